The number of carbonyl (C=O) groups is 2. The number of nitrogens with zero attached hydrogens (tertiary/aromatic N) is 1. The minimum atomic E-state index is -0.872. The summed E-state index contributed by atoms with van der Waals surface area (Å²) < 4.78 is 10.2. The van der Waals surface area contributed by atoms with E-state index in [2.05, 4.69) is 31.8 Å². The van der Waals surface area contributed by atoms with Gasteiger partial charge in [0.25, 0.3) is 0 Å². The van der Waals surface area contributed by atoms with Crippen LogP contribution in [-0.2, 0) is 14.3 Å². The maximum Gasteiger partial charge on any atom is 0.329 e. The molecule has 0 spiro atoms. The molecule has 0 saturated heterocycles. The Labute approximate surface area is 142 Å². The Morgan fingerprint density at radius 1 is 1.35 bits per heavy atom. The summed E-state index contributed by atoms with van der Waals surface area (Å²) in [6.07, 6.45) is 1.93. The Bertz CT molecular complexity index is 592. The normalized spacial score (nSPS) is 10.6. The number of hydrogen-bond donors (Lipinski definition) is 3. The van der Waals surface area contributed by atoms with E-state index in [-0.39, 0.29) is 11.5 Å². The van der Waals surface area contributed by atoms with Gasteiger partial charge in [0, 0.05) is 20.3 Å². The molecule has 1 aromatic carbocycles. The van der Waals surface area contributed by atoms with Gasteiger partial charge in [0.1, 0.15) is 0 Å². The Hall–Kier alpha value is -2.13. The topological polar surface area (TPSA) is 109 Å². The fraction of sp³-hybridized carbons (Fsp3) is 0.357. The number of benzene rings is 1. The third kappa shape index (κ3) is 6.25. The maximum atomic E-state index is 11.5. The van der Waals surface area contributed by atoms with E-state index in [0.29, 0.717) is 29.6 Å². The molecule has 0 saturated carbocycles. The number of ether oxygens (including phenoxy) is 2. The third-order valence-corrected chi connectivity index (χ3v) is 3.27. The lowest BCUT2D eigenvalue weighted by molar-refractivity contribution is -0.139. The van der Waals surface area contributed by atoms with Crippen LogP contribution in [0.3, 0.4) is 0 Å². The van der Waals surface area contributed by atoms with Gasteiger partial charge in [0.2, 0.25) is 0 Å². The van der Waals surface area contributed by atoms with Crippen molar-refractivity contribution < 1.29 is 24.2 Å². The van der Waals surface area contributed by atoms with E-state index in [4.69, 9.17) is 9.47 Å². The van der Waals surface area contributed by atoms with Gasteiger partial charge < -0.3 is 19.9 Å². The van der Waals surface area contributed by atoms with Crippen molar-refractivity contribution >= 4 is 34.0 Å². The van der Waals surface area contributed by atoms with Crippen LogP contribution in [0.15, 0.2) is 21.7 Å². The molecule has 126 valence electrons. The minimum absolute atomic E-state index is 0.0378. The highest BCUT2D eigenvalue weighted by atomic mass is 79.9. The van der Waals surface area contributed by atoms with Crippen molar-refractivity contribution in [1.82, 2.24) is 10.7 Å². The molecule has 0 atom stereocenters. The summed E-state index contributed by atoms with van der Waals surface area (Å²) in [5, 5.41) is 15.8. The smallest absolute Gasteiger partial charge is 0.329 e. The molecule has 0 heterocycles. The second-order valence-corrected chi connectivity index (χ2v) is 5.21. The molecule has 0 unspecified atom stereocenters. The van der Waals surface area contributed by atoms with Crippen LogP contribution in [0.5, 0.6) is 11.5 Å². The lowest BCUT2D eigenvalue weighted by Gasteiger charge is -2.06. The molecule has 9 heteroatoms. The van der Waals surface area contributed by atoms with Crippen LogP contribution >= 0.6 is 15.9 Å². The van der Waals surface area contributed by atoms with Crippen molar-refractivity contribution in [2.75, 3.05) is 27.4 Å². The van der Waals surface area contributed by atoms with E-state index in [1.54, 1.807) is 13.2 Å². The van der Waals surface area contributed by atoms with Crippen LogP contribution in [-0.4, -0.2) is 50.5 Å². The van der Waals surface area contributed by atoms with Crippen molar-refractivity contribution in [2.45, 2.75) is 6.42 Å². The third-order valence-electron chi connectivity index (χ3n) is 2.67. The molecule has 0 aliphatic rings. The molecule has 0 aliphatic carbocycles. The highest BCUT2D eigenvalue weighted by Crippen LogP contribution is 2.34. The summed E-state index contributed by atoms with van der Waals surface area (Å²) in [5.41, 5.74) is 2.67. The van der Waals surface area contributed by atoms with Gasteiger partial charge in [-0.1, -0.05) is 0 Å². The van der Waals surface area contributed by atoms with Crippen LogP contribution < -0.4 is 15.5 Å². The number of amides is 2. The van der Waals surface area contributed by atoms with Crippen LogP contribution in [0.1, 0.15) is 12.0 Å². The number of hydrogen-bond acceptors (Lipinski definition) is 6. The highest BCUT2D eigenvalue weighted by molar-refractivity contribution is 9.10. The Morgan fingerprint density at radius 2 is 2.09 bits per heavy atom. The molecule has 0 aliphatic heterocycles. The van der Waals surface area contributed by atoms with Crippen molar-refractivity contribution in [1.29, 1.82) is 0 Å². The summed E-state index contributed by atoms with van der Waals surface area (Å²) in [6.45, 7) is 0.837. The number of phenolic OH excluding ortho intramolecular Hbond substituents is 1. The molecular weight excluding hydrogens is 370 g/mol. The molecule has 1 rings (SSSR count). The van der Waals surface area contributed by atoms with Crippen LogP contribution in [0.2, 0.25) is 0 Å². The predicted molar refractivity (Wildman–Crippen MR) is 87.6 cm³/mol. The molecular formula is C14H18BrN3O5. The molecule has 2 amide bonds. The predicted octanol–water partition coefficient (Wildman–Crippen LogP) is 0.766. The molecule has 0 radical (unpaired) electrons. The number of aromatic hydroxyl groups is 1. The number of hydrazone groups is 1. The zero-order valence-electron chi connectivity index (χ0n) is 12.8. The lowest BCUT2D eigenvalue weighted by Crippen LogP contribution is -2.38. The van der Waals surface area contributed by atoms with Crippen molar-refractivity contribution in [3.8, 4) is 11.5 Å². The Balaban J connectivity index is 2.54. The molecule has 8 nitrogen and oxygen atoms in total. The highest BCUT2D eigenvalue weighted by Gasteiger charge is 2.11. The fourth-order valence-electron chi connectivity index (χ4n) is 1.54. The van der Waals surface area contributed by atoms with Gasteiger partial charge in [0.15, 0.2) is 11.5 Å². The molecule has 0 fully saturated rings. The maximum absolute atomic E-state index is 11.5. The molecule has 23 heavy (non-hydrogen) atoms. The van der Waals surface area contributed by atoms with Crippen LogP contribution in [0, 0.1) is 0 Å². The van der Waals surface area contributed by atoms with Crippen LogP contribution in [0.4, 0.5) is 0 Å². The van der Waals surface area contributed by atoms with Gasteiger partial charge in [-0.3, -0.25) is 9.59 Å². The molecule has 3 N–H and O–H groups in total. The quantitative estimate of drug-likeness (QED) is 0.277. The minimum Gasteiger partial charge on any atom is -0.503 e. The standard InChI is InChI=1S/C14H18BrN3O5/c1-22-5-3-4-16-13(20)14(21)18-17-8-9-6-10(15)12(19)11(7-9)23-2/h6-8,19H,3-5H2,1-2H3,(H,16,20)(H,18,21)/b17-8-. The van der Waals surface area contributed by atoms with Gasteiger partial charge in [-0.25, -0.2) is 5.43 Å². The van der Waals surface area contributed by atoms with E-state index < -0.39 is 11.8 Å². The largest absolute Gasteiger partial charge is 0.503 e. The number of phenols is 1. The fourth-order valence-corrected chi connectivity index (χ4v) is 2.00. The van der Waals surface area contributed by atoms with E-state index in [0.717, 1.165) is 0 Å². The first-order valence-corrected chi connectivity index (χ1v) is 7.45. The zero-order chi connectivity index (χ0) is 17.2. The SMILES string of the molecule is COCCCNC(=O)C(=O)N/N=C\c1cc(Br)c(O)c(OC)c1. The number of halogens is 1. The van der Waals surface area contributed by atoms with Crippen LogP contribution in [0.25, 0.3) is 0 Å². The average molecular weight is 388 g/mol. The van der Waals surface area contributed by atoms with Gasteiger partial charge in [-0.15, -0.1) is 0 Å². The number of rotatable bonds is 7. The van der Waals surface area contributed by atoms with Crippen molar-refractivity contribution in [2.24, 2.45) is 5.10 Å². The first-order chi connectivity index (χ1) is 11.0. The summed E-state index contributed by atoms with van der Waals surface area (Å²) in [4.78, 5) is 22.9. The second kappa shape index (κ2) is 9.80. The molecule has 0 aromatic heterocycles. The van der Waals surface area contributed by atoms with Crippen molar-refractivity contribution in [3.05, 3.63) is 22.2 Å². The first-order valence-electron chi connectivity index (χ1n) is 6.66. The van der Waals surface area contributed by atoms with E-state index >= 15 is 0 Å². The number of nitrogens with one attached hydrogen (secondary N) is 2. The number of carbonyl (C=O) groups excluding carboxylic acids is 2. The van der Waals surface area contributed by atoms with Gasteiger partial charge in [-0.05, 0) is 40.0 Å². The molecule has 1 aromatic rings. The summed E-state index contributed by atoms with van der Waals surface area (Å²) >= 11 is 3.17. The average Bonchev–Trinajstić information content (AvgIpc) is 2.54. The van der Waals surface area contributed by atoms with Gasteiger partial charge in [-0.2, -0.15) is 5.10 Å². The monoisotopic (exact) mass is 387 g/mol. The summed E-state index contributed by atoms with van der Waals surface area (Å²) in [5.74, 6) is -1.43. The van der Waals surface area contributed by atoms with E-state index in [1.165, 1.54) is 19.4 Å². The molecule has 0 bridgehead atoms. The first kappa shape index (κ1) is 18.9. The van der Waals surface area contributed by atoms with E-state index in [1.807, 2.05) is 0 Å². The number of methoxy groups -OCH3 is 2. The second-order valence-electron chi connectivity index (χ2n) is 4.35. The Kier molecular flexibility index (Phi) is 8.06. The van der Waals surface area contributed by atoms with Gasteiger partial charge >= 0.3 is 11.8 Å². The Morgan fingerprint density at radius 3 is 2.74 bits per heavy atom. The summed E-state index contributed by atoms with van der Waals surface area (Å²) in [6, 6.07) is 3.11. The lowest BCUT2D eigenvalue weighted by atomic mass is 10.2. The van der Waals surface area contributed by atoms with Crippen molar-refractivity contribution in [3.63, 3.8) is 0 Å². The van der Waals surface area contributed by atoms with E-state index in [9.17, 15) is 14.7 Å². The van der Waals surface area contributed by atoms with Gasteiger partial charge in [0.05, 0.1) is 17.8 Å². The zero-order valence-corrected chi connectivity index (χ0v) is 14.3. The summed E-state index contributed by atoms with van der Waals surface area (Å²) in [7, 11) is 2.97.